The van der Waals surface area contributed by atoms with Gasteiger partial charge in [0.25, 0.3) is 5.91 Å². The Bertz CT molecular complexity index is 579. The number of amides is 1. The molecule has 0 saturated heterocycles. The molecule has 0 radical (unpaired) electrons. The molecule has 1 aromatic carbocycles. The molecule has 0 atom stereocenters. The highest BCUT2D eigenvalue weighted by Crippen LogP contribution is 2.14. The van der Waals surface area contributed by atoms with Gasteiger partial charge in [0, 0.05) is 18.3 Å². The van der Waals surface area contributed by atoms with Gasteiger partial charge in [-0.3, -0.25) is 9.48 Å². The van der Waals surface area contributed by atoms with Crippen molar-refractivity contribution in [2.24, 2.45) is 0 Å². The van der Waals surface area contributed by atoms with E-state index >= 15 is 0 Å². The van der Waals surface area contributed by atoms with Crippen molar-refractivity contribution in [3.05, 3.63) is 42.0 Å². The summed E-state index contributed by atoms with van der Waals surface area (Å²) in [7, 11) is 0. The number of benzene rings is 1. The largest absolute Gasteiger partial charge is 0.396 e. The molecule has 18 heavy (non-hydrogen) atoms. The lowest BCUT2D eigenvalue weighted by molar-refractivity contribution is 0.102. The van der Waals surface area contributed by atoms with Crippen LogP contribution in [0.25, 0.3) is 0 Å². The molecule has 0 aliphatic carbocycles. The second kappa shape index (κ2) is 4.87. The van der Waals surface area contributed by atoms with Crippen LogP contribution in [0.3, 0.4) is 0 Å². The molecule has 0 aliphatic heterocycles. The first-order valence-electron chi connectivity index (χ1n) is 5.49. The first kappa shape index (κ1) is 12.1. The molecule has 0 bridgehead atoms. The van der Waals surface area contributed by atoms with E-state index in [1.807, 2.05) is 6.92 Å². The lowest BCUT2D eigenvalue weighted by Gasteiger charge is -2.03. The fraction of sp³-hybridized carbons (Fsp3) is 0.167. The van der Waals surface area contributed by atoms with Crippen LogP contribution in [0.5, 0.6) is 0 Å². The van der Waals surface area contributed by atoms with Crippen LogP contribution in [0, 0.1) is 5.82 Å². The molecule has 6 heteroatoms. The zero-order valence-corrected chi connectivity index (χ0v) is 9.85. The molecular weight excluding hydrogens is 235 g/mol. The third kappa shape index (κ3) is 2.48. The van der Waals surface area contributed by atoms with Gasteiger partial charge in [0.15, 0.2) is 0 Å². The van der Waals surface area contributed by atoms with Gasteiger partial charge in [-0.1, -0.05) is 0 Å². The van der Waals surface area contributed by atoms with E-state index in [1.54, 1.807) is 10.9 Å². The fourth-order valence-corrected chi connectivity index (χ4v) is 1.47. The van der Waals surface area contributed by atoms with E-state index in [0.717, 1.165) is 6.07 Å². The summed E-state index contributed by atoms with van der Waals surface area (Å²) < 4.78 is 14.9. The molecule has 2 aromatic rings. The predicted molar refractivity (Wildman–Crippen MR) is 66.7 cm³/mol. The molecule has 94 valence electrons. The van der Waals surface area contributed by atoms with Crippen molar-refractivity contribution in [1.29, 1.82) is 0 Å². The van der Waals surface area contributed by atoms with Crippen LogP contribution in [0.1, 0.15) is 17.3 Å². The van der Waals surface area contributed by atoms with Crippen LogP contribution in [0.15, 0.2) is 30.6 Å². The number of nitrogen functional groups attached to an aromatic ring is 1. The number of carbonyl (C=O) groups is 1. The summed E-state index contributed by atoms with van der Waals surface area (Å²) in [5.74, 6) is -1.00. The summed E-state index contributed by atoms with van der Waals surface area (Å²) in [6, 6.07) is 3.94. The van der Waals surface area contributed by atoms with E-state index < -0.39 is 11.7 Å². The molecule has 3 N–H and O–H groups in total. The summed E-state index contributed by atoms with van der Waals surface area (Å²) in [6.07, 6.45) is 3.24. The van der Waals surface area contributed by atoms with Gasteiger partial charge in [-0.2, -0.15) is 5.10 Å². The molecule has 0 saturated carbocycles. The summed E-state index contributed by atoms with van der Waals surface area (Å²) >= 11 is 0. The highest BCUT2D eigenvalue weighted by molar-refractivity contribution is 6.04. The van der Waals surface area contributed by atoms with E-state index in [0.29, 0.717) is 12.2 Å². The van der Waals surface area contributed by atoms with Gasteiger partial charge in [-0.15, -0.1) is 0 Å². The smallest absolute Gasteiger partial charge is 0.255 e. The molecule has 1 aromatic heterocycles. The van der Waals surface area contributed by atoms with Crippen molar-refractivity contribution in [3.63, 3.8) is 0 Å². The third-order valence-electron chi connectivity index (χ3n) is 2.48. The van der Waals surface area contributed by atoms with Crippen molar-refractivity contribution in [2.45, 2.75) is 13.5 Å². The number of rotatable bonds is 3. The maximum absolute atomic E-state index is 13.2. The Morgan fingerprint density at radius 3 is 2.94 bits per heavy atom. The molecule has 5 nitrogen and oxygen atoms in total. The predicted octanol–water partition coefficient (Wildman–Crippen LogP) is 1.88. The van der Waals surface area contributed by atoms with Crippen LogP contribution in [-0.2, 0) is 6.54 Å². The Balaban J connectivity index is 2.14. The van der Waals surface area contributed by atoms with Gasteiger partial charge in [0.2, 0.25) is 0 Å². The van der Waals surface area contributed by atoms with Crippen molar-refractivity contribution in [2.75, 3.05) is 11.1 Å². The number of nitrogens with zero attached hydrogens (tertiary/aromatic N) is 2. The Morgan fingerprint density at radius 2 is 2.33 bits per heavy atom. The number of nitrogens with one attached hydrogen (secondary N) is 1. The Kier molecular flexibility index (Phi) is 3.27. The Labute approximate surface area is 103 Å². The van der Waals surface area contributed by atoms with E-state index in [9.17, 15) is 9.18 Å². The topological polar surface area (TPSA) is 72.9 Å². The van der Waals surface area contributed by atoms with Crippen LogP contribution in [-0.4, -0.2) is 15.7 Å². The van der Waals surface area contributed by atoms with E-state index in [-0.39, 0.29) is 11.3 Å². The normalized spacial score (nSPS) is 10.3. The van der Waals surface area contributed by atoms with Crippen molar-refractivity contribution in [1.82, 2.24) is 9.78 Å². The quantitative estimate of drug-likeness (QED) is 0.814. The molecule has 0 spiro atoms. The van der Waals surface area contributed by atoms with Crippen LogP contribution in [0.4, 0.5) is 15.8 Å². The van der Waals surface area contributed by atoms with Crippen molar-refractivity contribution in [3.8, 4) is 0 Å². The average Bonchev–Trinajstić information content (AvgIpc) is 2.80. The Morgan fingerprint density at radius 1 is 1.56 bits per heavy atom. The molecule has 1 heterocycles. The van der Waals surface area contributed by atoms with Crippen LogP contribution < -0.4 is 11.1 Å². The second-order valence-electron chi connectivity index (χ2n) is 3.78. The lowest BCUT2D eigenvalue weighted by Crippen LogP contribution is -2.12. The number of aromatic nitrogens is 2. The maximum atomic E-state index is 13.2. The minimum absolute atomic E-state index is 0.0188. The first-order valence-corrected chi connectivity index (χ1v) is 5.49. The zero-order chi connectivity index (χ0) is 13.1. The number of aryl methyl sites for hydroxylation is 1. The van der Waals surface area contributed by atoms with Gasteiger partial charge in [-0.25, -0.2) is 4.39 Å². The molecule has 0 unspecified atom stereocenters. The minimum atomic E-state index is -0.605. The molecule has 2 rings (SSSR count). The second-order valence-corrected chi connectivity index (χ2v) is 3.78. The van der Waals surface area contributed by atoms with Crippen molar-refractivity contribution >= 4 is 17.3 Å². The number of carbonyl (C=O) groups excluding carboxylic acids is 1. The van der Waals surface area contributed by atoms with E-state index in [1.165, 1.54) is 18.3 Å². The van der Waals surface area contributed by atoms with Gasteiger partial charge in [0.05, 0.1) is 17.6 Å². The average molecular weight is 248 g/mol. The standard InChI is InChI=1S/C12H13FN4O/c1-2-17-7-9(6-15-17)16-12(18)8-3-4-11(14)10(13)5-8/h3-7H,2,14H2,1H3,(H,16,18). The van der Waals surface area contributed by atoms with Gasteiger partial charge in [0.1, 0.15) is 5.82 Å². The summed E-state index contributed by atoms with van der Waals surface area (Å²) in [5, 5.41) is 6.65. The fourth-order valence-electron chi connectivity index (χ4n) is 1.47. The summed E-state index contributed by atoms with van der Waals surface area (Å²) in [5.41, 5.74) is 6.14. The minimum Gasteiger partial charge on any atom is -0.396 e. The molecule has 1 amide bonds. The number of hydrogen-bond donors (Lipinski definition) is 2. The molecular formula is C12H13FN4O. The van der Waals surface area contributed by atoms with Gasteiger partial charge in [-0.05, 0) is 25.1 Å². The zero-order valence-electron chi connectivity index (χ0n) is 9.85. The summed E-state index contributed by atoms with van der Waals surface area (Å²) in [4.78, 5) is 11.8. The van der Waals surface area contributed by atoms with Gasteiger partial charge >= 0.3 is 0 Å². The maximum Gasteiger partial charge on any atom is 0.255 e. The van der Waals surface area contributed by atoms with Gasteiger partial charge < -0.3 is 11.1 Å². The van der Waals surface area contributed by atoms with Crippen LogP contribution >= 0.6 is 0 Å². The first-order chi connectivity index (χ1) is 8.60. The Hall–Kier alpha value is -2.37. The van der Waals surface area contributed by atoms with E-state index in [4.69, 9.17) is 5.73 Å². The number of anilines is 2. The SMILES string of the molecule is CCn1cc(NC(=O)c2ccc(N)c(F)c2)cn1. The third-order valence-corrected chi connectivity index (χ3v) is 2.48. The highest BCUT2D eigenvalue weighted by Gasteiger charge is 2.09. The van der Waals surface area contributed by atoms with E-state index in [2.05, 4.69) is 10.4 Å². The summed E-state index contributed by atoms with van der Waals surface area (Å²) in [6.45, 7) is 2.65. The number of nitrogens with two attached hydrogens (primary N) is 1. The number of hydrogen-bond acceptors (Lipinski definition) is 3. The van der Waals surface area contributed by atoms with Crippen molar-refractivity contribution < 1.29 is 9.18 Å². The molecule has 0 fully saturated rings. The highest BCUT2D eigenvalue weighted by atomic mass is 19.1. The van der Waals surface area contributed by atoms with Crippen LogP contribution in [0.2, 0.25) is 0 Å². The number of halogens is 1. The lowest BCUT2D eigenvalue weighted by atomic mass is 10.2. The molecule has 0 aliphatic rings. The monoisotopic (exact) mass is 248 g/mol.